The first-order chi connectivity index (χ1) is 15.0. The molecule has 3 aromatic rings. The number of nitrogens with one attached hydrogen (secondary N) is 1. The van der Waals surface area contributed by atoms with E-state index in [2.05, 4.69) is 29.6 Å². The average Bonchev–Trinajstić information content (AvgIpc) is 2.88. The number of amides is 2. The van der Waals surface area contributed by atoms with Crippen molar-refractivity contribution in [2.24, 2.45) is 0 Å². The van der Waals surface area contributed by atoms with E-state index in [4.69, 9.17) is 0 Å². The lowest BCUT2D eigenvalue weighted by Gasteiger charge is -2.21. The third kappa shape index (κ3) is 4.16. The van der Waals surface area contributed by atoms with Crippen LogP contribution in [0.5, 0.6) is 0 Å². The van der Waals surface area contributed by atoms with Crippen molar-refractivity contribution in [1.29, 1.82) is 0 Å². The van der Waals surface area contributed by atoms with Gasteiger partial charge >= 0.3 is 0 Å². The Hall–Kier alpha value is -3.25. The van der Waals surface area contributed by atoms with Gasteiger partial charge < -0.3 is 10.2 Å². The second kappa shape index (κ2) is 8.86. The number of fused-ring (bicyclic) bond motifs is 2. The van der Waals surface area contributed by atoms with Crippen LogP contribution < -0.4 is 10.2 Å². The second-order valence-electron chi connectivity index (χ2n) is 7.49. The summed E-state index contributed by atoms with van der Waals surface area (Å²) in [5, 5.41) is 2.94. The molecular formula is C25H24N2O3S. The fraction of sp³-hybridized carbons (Fsp3) is 0.200. The van der Waals surface area contributed by atoms with Gasteiger partial charge in [0.2, 0.25) is 0 Å². The molecular weight excluding hydrogens is 408 g/mol. The maximum absolute atomic E-state index is 13.2. The van der Waals surface area contributed by atoms with Crippen molar-refractivity contribution < 1.29 is 13.8 Å². The SMILES string of the molecule is CCN1C(=O)c2ccccc2[S@@](=O)c2ccc(C(=O)NCCc3ccc(C)cc3)cc21. The molecule has 0 radical (unpaired) electrons. The first kappa shape index (κ1) is 21.0. The van der Waals surface area contributed by atoms with Gasteiger partial charge in [-0.1, -0.05) is 42.0 Å². The predicted molar refractivity (Wildman–Crippen MR) is 122 cm³/mol. The van der Waals surface area contributed by atoms with Gasteiger partial charge in [-0.05, 0) is 56.2 Å². The molecule has 0 spiro atoms. The van der Waals surface area contributed by atoms with Crippen molar-refractivity contribution in [2.75, 3.05) is 18.0 Å². The second-order valence-corrected chi connectivity index (χ2v) is 8.91. The van der Waals surface area contributed by atoms with Crippen LogP contribution in [0.15, 0.2) is 76.5 Å². The van der Waals surface area contributed by atoms with Crippen molar-refractivity contribution >= 4 is 28.3 Å². The van der Waals surface area contributed by atoms with Crippen molar-refractivity contribution in [1.82, 2.24) is 5.32 Å². The van der Waals surface area contributed by atoms with Gasteiger partial charge in [-0.25, -0.2) is 4.21 Å². The van der Waals surface area contributed by atoms with Gasteiger partial charge in [-0.2, -0.15) is 0 Å². The first-order valence-electron chi connectivity index (χ1n) is 10.3. The molecule has 6 heteroatoms. The van der Waals surface area contributed by atoms with Crippen LogP contribution in [0.25, 0.3) is 0 Å². The molecule has 4 rings (SSSR count). The molecule has 1 aliphatic rings. The van der Waals surface area contributed by atoms with Crippen molar-refractivity contribution in [3.8, 4) is 0 Å². The fourth-order valence-electron chi connectivity index (χ4n) is 3.70. The molecule has 1 atom stereocenters. The van der Waals surface area contributed by atoms with Crippen molar-refractivity contribution in [3.63, 3.8) is 0 Å². The Labute approximate surface area is 184 Å². The van der Waals surface area contributed by atoms with E-state index in [1.807, 2.05) is 13.8 Å². The van der Waals surface area contributed by atoms with E-state index >= 15 is 0 Å². The Kier molecular flexibility index (Phi) is 6.00. The summed E-state index contributed by atoms with van der Waals surface area (Å²) < 4.78 is 13.2. The zero-order chi connectivity index (χ0) is 22.0. The Balaban J connectivity index is 1.58. The Morgan fingerprint density at radius 3 is 2.48 bits per heavy atom. The summed E-state index contributed by atoms with van der Waals surface area (Å²) in [4.78, 5) is 28.5. The van der Waals surface area contributed by atoms with E-state index in [9.17, 15) is 13.8 Å². The summed E-state index contributed by atoms with van der Waals surface area (Å²) in [7, 11) is -1.50. The van der Waals surface area contributed by atoms with E-state index in [1.165, 1.54) is 5.56 Å². The molecule has 1 N–H and O–H groups in total. The third-order valence-electron chi connectivity index (χ3n) is 5.41. The highest BCUT2D eigenvalue weighted by Crippen LogP contribution is 2.35. The molecule has 5 nitrogen and oxygen atoms in total. The fourth-order valence-corrected chi connectivity index (χ4v) is 5.04. The van der Waals surface area contributed by atoms with Crippen LogP contribution in [-0.4, -0.2) is 29.1 Å². The monoisotopic (exact) mass is 432 g/mol. The summed E-state index contributed by atoms with van der Waals surface area (Å²) in [5.41, 5.74) is 3.75. The smallest absolute Gasteiger partial charge is 0.259 e. The van der Waals surface area contributed by atoms with Gasteiger partial charge in [-0.15, -0.1) is 0 Å². The van der Waals surface area contributed by atoms with Gasteiger partial charge in [0.25, 0.3) is 11.8 Å². The summed E-state index contributed by atoms with van der Waals surface area (Å²) in [5.74, 6) is -0.423. The van der Waals surface area contributed by atoms with Crippen LogP contribution in [0, 0.1) is 6.92 Å². The Bertz CT molecular complexity index is 1170. The summed E-state index contributed by atoms with van der Waals surface area (Å²) in [6.07, 6.45) is 0.732. The maximum Gasteiger partial charge on any atom is 0.259 e. The number of nitrogens with zero attached hydrogens (tertiary/aromatic N) is 1. The highest BCUT2D eigenvalue weighted by Gasteiger charge is 2.30. The first-order valence-corrected chi connectivity index (χ1v) is 11.4. The number of carbonyl (C=O) groups excluding carboxylic acids is 2. The van der Waals surface area contributed by atoms with Crippen molar-refractivity contribution in [3.05, 3.63) is 89.0 Å². The molecule has 0 fully saturated rings. The van der Waals surface area contributed by atoms with Gasteiger partial charge in [0.15, 0.2) is 0 Å². The minimum atomic E-state index is -1.50. The molecule has 3 aromatic carbocycles. The third-order valence-corrected chi connectivity index (χ3v) is 6.91. The number of anilines is 1. The number of carbonyl (C=O) groups is 2. The molecule has 31 heavy (non-hydrogen) atoms. The van der Waals surface area contributed by atoms with Crippen LogP contribution >= 0.6 is 0 Å². The number of rotatable bonds is 5. The van der Waals surface area contributed by atoms with Crippen LogP contribution in [-0.2, 0) is 17.2 Å². The number of benzene rings is 3. The zero-order valence-corrected chi connectivity index (χ0v) is 18.4. The molecule has 0 unspecified atom stereocenters. The number of hydrogen-bond acceptors (Lipinski definition) is 3. The van der Waals surface area contributed by atoms with Gasteiger partial charge in [-0.3, -0.25) is 9.59 Å². The Morgan fingerprint density at radius 1 is 1.00 bits per heavy atom. The molecule has 2 amide bonds. The van der Waals surface area contributed by atoms with E-state index in [1.54, 1.807) is 47.4 Å². The topological polar surface area (TPSA) is 66.5 Å². The van der Waals surface area contributed by atoms with Crippen LogP contribution in [0.4, 0.5) is 5.69 Å². The highest BCUT2D eigenvalue weighted by molar-refractivity contribution is 7.85. The molecule has 1 aliphatic heterocycles. The van der Waals surface area contributed by atoms with Crippen LogP contribution in [0.2, 0.25) is 0 Å². The lowest BCUT2D eigenvalue weighted by molar-refractivity contribution is 0.0950. The minimum Gasteiger partial charge on any atom is -0.352 e. The molecule has 0 saturated carbocycles. The standard InChI is InChI=1S/C25H24N2O3S/c1-3-27-21-16-19(24(28)26-15-14-18-10-8-17(2)9-11-18)12-13-23(21)31(30)22-7-5-4-6-20(22)25(27)29/h4-13,16H,3,14-15H2,1-2H3,(H,26,28)/t31-/m1/s1. The summed E-state index contributed by atoms with van der Waals surface area (Å²) >= 11 is 0. The van der Waals surface area contributed by atoms with Crippen LogP contribution in [0.1, 0.15) is 38.8 Å². The average molecular weight is 433 g/mol. The molecule has 1 heterocycles. The number of aryl methyl sites for hydroxylation is 1. The lowest BCUT2D eigenvalue weighted by Crippen LogP contribution is -2.31. The van der Waals surface area contributed by atoms with Crippen molar-refractivity contribution in [2.45, 2.75) is 30.1 Å². The highest BCUT2D eigenvalue weighted by atomic mass is 32.2. The van der Waals surface area contributed by atoms with E-state index in [-0.39, 0.29) is 11.8 Å². The molecule has 158 valence electrons. The largest absolute Gasteiger partial charge is 0.352 e. The quantitative estimate of drug-likeness (QED) is 0.660. The van der Waals surface area contributed by atoms with Gasteiger partial charge in [0.05, 0.1) is 31.8 Å². The van der Waals surface area contributed by atoms with Crippen LogP contribution in [0.3, 0.4) is 0 Å². The van der Waals surface area contributed by atoms with E-state index in [0.717, 1.165) is 12.0 Å². The van der Waals surface area contributed by atoms with Gasteiger partial charge in [0.1, 0.15) is 0 Å². The molecule has 0 bridgehead atoms. The molecule has 0 aliphatic carbocycles. The summed E-state index contributed by atoms with van der Waals surface area (Å²) in [6, 6.07) is 20.2. The van der Waals surface area contributed by atoms with E-state index < -0.39 is 10.8 Å². The molecule has 0 saturated heterocycles. The maximum atomic E-state index is 13.2. The minimum absolute atomic E-state index is 0.206. The predicted octanol–water partition coefficient (Wildman–Crippen LogP) is 4.11. The van der Waals surface area contributed by atoms with Gasteiger partial charge in [0, 0.05) is 18.7 Å². The van der Waals surface area contributed by atoms with E-state index in [0.29, 0.717) is 39.7 Å². The molecule has 0 aromatic heterocycles. The normalized spacial score (nSPS) is 15.1. The lowest BCUT2D eigenvalue weighted by atomic mass is 10.1. The zero-order valence-electron chi connectivity index (χ0n) is 17.6. The number of hydrogen-bond donors (Lipinski definition) is 1. The Morgan fingerprint density at radius 2 is 1.74 bits per heavy atom. The summed E-state index contributed by atoms with van der Waals surface area (Å²) in [6.45, 7) is 4.83.